The zero-order chi connectivity index (χ0) is 29.9. The third-order valence-corrected chi connectivity index (χ3v) is 11.2. The number of benzene rings is 8. The van der Waals surface area contributed by atoms with E-state index in [1.54, 1.807) is 0 Å². The van der Waals surface area contributed by atoms with Gasteiger partial charge in [-0.25, -0.2) is 0 Å². The maximum atomic E-state index is 2.45. The smallest absolute Gasteiger partial charge is 0.0548 e. The normalized spacial score (nSPS) is 12.3. The molecule has 2 heterocycles. The number of hydrogen-bond donors (Lipinski definition) is 0. The Morgan fingerprint density at radius 2 is 1.07 bits per heavy atom. The Morgan fingerprint density at radius 1 is 0.370 bits per heavy atom. The number of fused-ring (bicyclic) bond motifs is 10. The van der Waals surface area contributed by atoms with Gasteiger partial charge in [0.05, 0.1) is 11.0 Å². The van der Waals surface area contributed by atoms with Crippen LogP contribution in [0.4, 0.5) is 0 Å². The van der Waals surface area contributed by atoms with Crippen LogP contribution in [0.3, 0.4) is 0 Å². The minimum Gasteiger partial charge on any atom is -0.309 e. The van der Waals surface area contributed by atoms with Gasteiger partial charge in [0.25, 0.3) is 0 Å². The molecule has 0 amide bonds. The van der Waals surface area contributed by atoms with Gasteiger partial charge in [0, 0.05) is 36.6 Å². The molecule has 0 atom stereocenters. The monoisotopic (exact) mass is 599 g/mol. The number of thiophene rings is 1. The Balaban J connectivity index is 1.09. The molecule has 0 spiro atoms. The number of para-hydroxylation sites is 1. The summed E-state index contributed by atoms with van der Waals surface area (Å²) in [5.41, 5.74) is 11.6. The highest BCUT2D eigenvalue weighted by molar-refractivity contribution is 7.25. The van der Waals surface area contributed by atoms with Gasteiger partial charge in [0.15, 0.2) is 0 Å². The summed E-state index contributed by atoms with van der Waals surface area (Å²) in [6.45, 7) is 0. The van der Waals surface area contributed by atoms with Crippen molar-refractivity contribution in [3.05, 3.63) is 152 Å². The average Bonchev–Trinajstić information content (AvgIpc) is 3.75. The summed E-state index contributed by atoms with van der Waals surface area (Å²) in [7, 11) is 0. The van der Waals surface area contributed by atoms with Crippen LogP contribution in [-0.2, 0) is 0 Å². The summed E-state index contributed by atoms with van der Waals surface area (Å²) < 4.78 is 5.13. The lowest BCUT2D eigenvalue weighted by Gasteiger charge is -2.12. The van der Waals surface area contributed by atoms with E-state index >= 15 is 0 Å². The summed E-state index contributed by atoms with van der Waals surface area (Å²) in [6.07, 6.45) is 0. The molecule has 0 N–H and O–H groups in total. The molecule has 1 nitrogen and oxygen atoms in total. The molecule has 0 bridgehead atoms. The molecule has 212 valence electrons. The second-order valence-electron chi connectivity index (χ2n) is 12.5. The van der Waals surface area contributed by atoms with Crippen LogP contribution < -0.4 is 0 Å². The van der Waals surface area contributed by atoms with Gasteiger partial charge in [-0.15, -0.1) is 11.3 Å². The molecule has 0 saturated carbocycles. The Labute approximate surface area is 269 Å². The van der Waals surface area contributed by atoms with Crippen molar-refractivity contribution in [2.75, 3.05) is 0 Å². The molecule has 1 aliphatic carbocycles. The Bertz CT molecular complexity index is 2890. The van der Waals surface area contributed by atoms with Crippen molar-refractivity contribution < 1.29 is 0 Å². The second-order valence-corrected chi connectivity index (χ2v) is 13.6. The van der Waals surface area contributed by atoms with Crippen LogP contribution in [0.5, 0.6) is 0 Å². The summed E-state index contributed by atoms with van der Waals surface area (Å²) in [5.74, 6) is 0. The SMILES string of the molecule is c1ccc2c(c1)-c1cccc3c(-c4ccc5cc(-n6c7ccccc7c7cc8sc9ccccc9c8cc76)ccc5c4)ccc-2c13. The van der Waals surface area contributed by atoms with Gasteiger partial charge in [0.2, 0.25) is 0 Å². The number of hydrogen-bond acceptors (Lipinski definition) is 1. The second kappa shape index (κ2) is 8.94. The number of aromatic nitrogens is 1. The number of rotatable bonds is 2. The molecular formula is C44H25NS. The quantitative estimate of drug-likeness (QED) is 0.186. The first-order chi connectivity index (χ1) is 22.8. The first kappa shape index (κ1) is 24.6. The van der Waals surface area contributed by atoms with Crippen LogP contribution in [0.2, 0.25) is 0 Å². The van der Waals surface area contributed by atoms with Gasteiger partial charge in [-0.1, -0.05) is 109 Å². The average molecular weight is 600 g/mol. The Hall–Kier alpha value is -5.70. The van der Waals surface area contributed by atoms with Crippen molar-refractivity contribution in [2.24, 2.45) is 0 Å². The minimum absolute atomic E-state index is 1.19. The van der Waals surface area contributed by atoms with Crippen LogP contribution in [0.15, 0.2) is 152 Å². The van der Waals surface area contributed by atoms with Crippen molar-refractivity contribution >= 4 is 74.9 Å². The first-order valence-electron chi connectivity index (χ1n) is 15.8. The van der Waals surface area contributed by atoms with Crippen LogP contribution in [0.1, 0.15) is 0 Å². The van der Waals surface area contributed by atoms with E-state index in [2.05, 4.69) is 156 Å². The third kappa shape index (κ3) is 3.24. The number of nitrogens with zero attached hydrogens (tertiary/aromatic N) is 1. The fraction of sp³-hybridized carbons (Fsp3) is 0. The molecule has 10 aromatic rings. The zero-order valence-electron chi connectivity index (χ0n) is 24.8. The van der Waals surface area contributed by atoms with Gasteiger partial charge in [-0.05, 0) is 97.4 Å². The fourth-order valence-electron chi connectivity index (χ4n) is 8.06. The summed E-state index contributed by atoms with van der Waals surface area (Å²) in [4.78, 5) is 0. The van der Waals surface area contributed by atoms with Gasteiger partial charge in [-0.3, -0.25) is 0 Å². The van der Waals surface area contributed by atoms with Crippen molar-refractivity contribution in [1.29, 1.82) is 0 Å². The van der Waals surface area contributed by atoms with E-state index < -0.39 is 0 Å². The molecule has 1 aliphatic rings. The highest BCUT2D eigenvalue weighted by Gasteiger charge is 2.22. The molecule has 46 heavy (non-hydrogen) atoms. The van der Waals surface area contributed by atoms with Gasteiger partial charge < -0.3 is 4.57 Å². The standard InChI is InChI=1S/C44H25NS/c1-2-9-32-31(8-1)36-13-7-12-35-30(20-21-37(32)44(35)36)28-17-16-27-23-29(19-18-26(27)22-28)45-40-14-5-3-10-33(40)38-25-43-39(24-41(38)45)34-11-4-6-15-42(34)46-43/h1-25H. The molecule has 0 fully saturated rings. The topological polar surface area (TPSA) is 4.93 Å². The molecule has 2 aromatic heterocycles. The Morgan fingerprint density at radius 3 is 1.98 bits per heavy atom. The molecule has 2 heteroatoms. The molecule has 8 aromatic carbocycles. The highest BCUT2D eigenvalue weighted by Crippen LogP contribution is 2.49. The maximum absolute atomic E-state index is 2.45. The molecule has 0 unspecified atom stereocenters. The third-order valence-electron chi connectivity index (χ3n) is 10.1. The van der Waals surface area contributed by atoms with Crippen LogP contribution in [-0.4, -0.2) is 4.57 Å². The van der Waals surface area contributed by atoms with Crippen LogP contribution >= 0.6 is 11.3 Å². The van der Waals surface area contributed by atoms with E-state index in [0.717, 1.165) is 0 Å². The lowest BCUT2D eigenvalue weighted by Crippen LogP contribution is -1.94. The molecular weight excluding hydrogens is 575 g/mol. The first-order valence-corrected chi connectivity index (χ1v) is 16.7. The lowest BCUT2D eigenvalue weighted by molar-refractivity contribution is 1.19. The molecule has 11 rings (SSSR count). The minimum atomic E-state index is 1.19. The summed E-state index contributed by atoms with van der Waals surface area (Å²) in [5, 5.41) is 10.4. The summed E-state index contributed by atoms with van der Waals surface area (Å²) >= 11 is 1.88. The van der Waals surface area contributed by atoms with E-state index in [-0.39, 0.29) is 0 Å². The molecule has 0 saturated heterocycles. The highest BCUT2D eigenvalue weighted by atomic mass is 32.1. The predicted octanol–water partition coefficient (Wildman–Crippen LogP) is 12.8. The molecule has 0 aliphatic heterocycles. The van der Waals surface area contributed by atoms with Gasteiger partial charge >= 0.3 is 0 Å². The fourth-order valence-corrected chi connectivity index (χ4v) is 9.19. The van der Waals surface area contributed by atoms with E-state index in [1.165, 1.54) is 103 Å². The van der Waals surface area contributed by atoms with E-state index in [0.29, 0.717) is 0 Å². The van der Waals surface area contributed by atoms with Crippen molar-refractivity contribution in [1.82, 2.24) is 4.57 Å². The Kier molecular flexibility index (Phi) is 4.78. The summed E-state index contributed by atoms with van der Waals surface area (Å²) in [6, 6.07) is 56.5. The maximum Gasteiger partial charge on any atom is 0.0548 e. The van der Waals surface area contributed by atoms with E-state index in [4.69, 9.17) is 0 Å². The van der Waals surface area contributed by atoms with Crippen LogP contribution in [0.25, 0.3) is 103 Å². The van der Waals surface area contributed by atoms with E-state index in [9.17, 15) is 0 Å². The van der Waals surface area contributed by atoms with Crippen molar-refractivity contribution in [3.63, 3.8) is 0 Å². The lowest BCUT2D eigenvalue weighted by atomic mass is 9.93. The van der Waals surface area contributed by atoms with Crippen LogP contribution in [0, 0.1) is 0 Å². The van der Waals surface area contributed by atoms with Crippen molar-refractivity contribution in [3.8, 4) is 39.1 Å². The largest absolute Gasteiger partial charge is 0.309 e. The molecule has 0 radical (unpaired) electrons. The van der Waals surface area contributed by atoms with Crippen molar-refractivity contribution in [2.45, 2.75) is 0 Å². The van der Waals surface area contributed by atoms with Gasteiger partial charge in [0.1, 0.15) is 0 Å². The zero-order valence-corrected chi connectivity index (χ0v) is 25.6. The predicted molar refractivity (Wildman–Crippen MR) is 199 cm³/mol. The van der Waals surface area contributed by atoms with E-state index in [1.807, 2.05) is 11.3 Å². The van der Waals surface area contributed by atoms with Gasteiger partial charge in [-0.2, -0.15) is 0 Å².